The maximum absolute atomic E-state index is 12.0. The predicted molar refractivity (Wildman–Crippen MR) is 110 cm³/mol. The van der Waals surface area contributed by atoms with Gasteiger partial charge in [-0.3, -0.25) is 9.59 Å². The van der Waals surface area contributed by atoms with Crippen molar-refractivity contribution in [3.05, 3.63) is 0 Å². The fraction of sp³-hybridized carbons (Fsp3) is 0.905. The standard InChI is InChI=1S/C21H36O12/c1-19(11-17(24)28-9-7-26-5-3-22)30-13-21(14-31-19)15-32-20(2,33-16-21)12-18(25)29-10-8-27-6-4-23/h22-23H,3-16H2,1-2H3. The Labute approximate surface area is 193 Å². The third-order valence-electron chi connectivity index (χ3n) is 5.12. The Morgan fingerprint density at radius 3 is 1.36 bits per heavy atom. The van der Waals surface area contributed by atoms with Crippen molar-refractivity contribution < 1.29 is 57.7 Å². The molecule has 12 nitrogen and oxygen atoms in total. The number of hydrogen-bond acceptors (Lipinski definition) is 12. The summed E-state index contributed by atoms with van der Waals surface area (Å²) in [7, 11) is 0. The van der Waals surface area contributed by atoms with Crippen LogP contribution in [-0.4, -0.2) is 113 Å². The highest BCUT2D eigenvalue weighted by molar-refractivity contribution is 5.70. The fourth-order valence-corrected chi connectivity index (χ4v) is 3.15. The normalized spacial score (nSPS) is 29.7. The van der Waals surface area contributed by atoms with Gasteiger partial charge in [0.05, 0.1) is 84.3 Å². The molecule has 0 aromatic rings. The van der Waals surface area contributed by atoms with Crippen LogP contribution in [0.25, 0.3) is 0 Å². The number of ether oxygens (including phenoxy) is 8. The second kappa shape index (κ2) is 13.5. The van der Waals surface area contributed by atoms with E-state index < -0.39 is 28.9 Å². The second-order valence-electron chi connectivity index (χ2n) is 8.39. The van der Waals surface area contributed by atoms with Gasteiger partial charge in [0, 0.05) is 0 Å². The van der Waals surface area contributed by atoms with E-state index in [9.17, 15) is 9.59 Å². The zero-order valence-corrected chi connectivity index (χ0v) is 19.4. The average Bonchev–Trinajstić information content (AvgIpc) is 2.78. The van der Waals surface area contributed by atoms with Gasteiger partial charge in [-0.05, 0) is 13.8 Å². The van der Waals surface area contributed by atoms with Crippen LogP contribution in [0.3, 0.4) is 0 Å². The van der Waals surface area contributed by atoms with Crippen molar-refractivity contribution in [2.24, 2.45) is 5.41 Å². The van der Waals surface area contributed by atoms with Gasteiger partial charge in [0.2, 0.25) is 0 Å². The van der Waals surface area contributed by atoms with Crippen molar-refractivity contribution >= 4 is 11.9 Å². The minimum atomic E-state index is -1.13. The molecule has 0 bridgehead atoms. The molecule has 2 heterocycles. The largest absolute Gasteiger partial charge is 0.463 e. The highest BCUT2D eigenvalue weighted by atomic mass is 16.7. The van der Waals surface area contributed by atoms with Crippen LogP contribution in [0.5, 0.6) is 0 Å². The summed E-state index contributed by atoms with van der Waals surface area (Å²) in [5.41, 5.74) is -0.552. The summed E-state index contributed by atoms with van der Waals surface area (Å²) < 4.78 is 43.6. The predicted octanol–water partition coefficient (Wildman–Crippen LogP) is -0.617. The Hall–Kier alpha value is -1.38. The summed E-state index contributed by atoms with van der Waals surface area (Å²) in [6.45, 7) is 5.09. The van der Waals surface area contributed by atoms with E-state index in [-0.39, 0.29) is 92.1 Å². The Kier molecular flexibility index (Phi) is 11.4. The number of carbonyl (C=O) groups is 2. The summed E-state index contributed by atoms with van der Waals surface area (Å²) in [5, 5.41) is 17.3. The molecule has 2 fully saturated rings. The van der Waals surface area contributed by atoms with Crippen LogP contribution in [-0.2, 0) is 47.5 Å². The second-order valence-corrected chi connectivity index (χ2v) is 8.39. The zero-order valence-electron chi connectivity index (χ0n) is 19.4. The van der Waals surface area contributed by atoms with Crippen molar-refractivity contribution in [1.29, 1.82) is 0 Å². The first kappa shape index (κ1) is 27.9. The number of carbonyl (C=O) groups excluding carboxylic acids is 2. The van der Waals surface area contributed by atoms with Crippen LogP contribution in [0.1, 0.15) is 26.7 Å². The van der Waals surface area contributed by atoms with E-state index in [2.05, 4.69) is 0 Å². The Balaban J connectivity index is 1.68. The van der Waals surface area contributed by atoms with Crippen LogP contribution in [0.2, 0.25) is 0 Å². The van der Waals surface area contributed by atoms with Gasteiger partial charge in [0.25, 0.3) is 0 Å². The summed E-state index contributed by atoms with van der Waals surface area (Å²) >= 11 is 0. The van der Waals surface area contributed by atoms with Gasteiger partial charge in [0.1, 0.15) is 13.2 Å². The summed E-state index contributed by atoms with van der Waals surface area (Å²) in [5.74, 6) is -3.22. The van der Waals surface area contributed by atoms with E-state index in [1.165, 1.54) is 0 Å². The number of esters is 2. The topological polar surface area (TPSA) is 148 Å². The van der Waals surface area contributed by atoms with Gasteiger partial charge in [-0.15, -0.1) is 0 Å². The summed E-state index contributed by atoms with van der Waals surface area (Å²) in [6.07, 6.45) is -0.174. The zero-order chi connectivity index (χ0) is 24.2. The van der Waals surface area contributed by atoms with E-state index in [4.69, 9.17) is 48.1 Å². The van der Waals surface area contributed by atoms with Crippen molar-refractivity contribution in [1.82, 2.24) is 0 Å². The van der Waals surface area contributed by atoms with Gasteiger partial charge < -0.3 is 48.1 Å². The van der Waals surface area contributed by atoms with Crippen molar-refractivity contribution in [2.45, 2.75) is 38.3 Å². The van der Waals surface area contributed by atoms with Crippen LogP contribution in [0.4, 0.5) is 0 Å². The van der Waals surface area contributed by atoms with Gasteiger partial charge in [-0.25, -0.2) is 0 Å². The van der Waals surface area contributed by atoms with Gasteiger partial charge in [-0.1, -0.05) is 0 Å². The third kappa shape index (κ3) is 9.79. The number of aliphatic hydroxyl groups excluding tert-OH is 2. The van der Waals surface area contributed by atoms with E-state index in [1.54, 1.807) is 13.8 Å². The molecule has 0 amide bonds. The first-order valence-electron chi connectivity index (χ1n) is 11.0. The minimum Gasteiger partial charge on any atom is -0.463 e. The SMILES string of the molecule is CC1(CC(=O)OCCOCCO)OCC2(CO1)COC(C)(CC(=O)OCCOCCO)OC2. The molecule has 2 aliphatic heterocycles. The van der Waals surface area contributed by atoms with Gasteiger partial charge >= 0.3 is 11.9 Å². The molecule has 0 radical (unpaired) electrons. The van der Waals surface area contributed by atoms with Gasteiger partial charge in [-0.2, -0.15) is 0 Å². The lowest BCUT2D eigenvalue weighted by Gasteiger charge is -2.49. The molecule has 12 heteroatoms. The molecule has 2 aliphatic rings. The molecule has 192 valence electrons. The Bertz CT molecular complexity index is 539. The number of hydrogen-bond donors (Lipinski definition) is 2. The molecular formula is C21H36O12. The monoisotopic (exact) mass is 480 g/mol. The average molecular weight is 481 g/mol. The molecule has 0 saturated carbocycles. The van der Waals surface area contributed by atoms with Gasteiger partial charge in [0.15, 0.2) is 11.6 Å². The summed E-state index contributed by atoms with van der Waals surface area (Å²) in [4.78, 5) is 24.1. The van der Waals surface area contributed by atoms with E-state index in [0.29, 0.717) is 0 Å². The molecule has 0 aliphatic carbocycles. The highest BCUT2D eigenvalue weighted by Gasteiger charge is 2.49. The van der Waals surface area contributed by atoms with Crippen LogP contribution >= 0.6 is 0 Å². The quantitative estimate of drug-likeness (QED) is 0.241. The molecule has 2 rings (SSSR count). The maximum atomic E-state index is 12.0. The lowest BCUT2D eigenvalue weighted by atomic mass is 9.89. The molecule has 0 unspecified atom stereocenters. The molecular weight excluding hydrogens is 444 g/mol. The smallest absolute Gasteiger partial charge is 0.311 e. The first-order valence-corrected chi connectivity index (χ1v) is 11.0. The fourth-order valence-electron chi connectivity index (χ4n) is 3.15. The Morgan fingerprint density at radius 2 is 1.03 bits per heavy atom. The van der Waals surface area contributed by atoms with E-state index in [1.807, 2.05) is 0 Å². The molecule has 33 heavy (non-hydrogen) atoms. The minimum absolute atomic E-state index is 0.0806. The third-order valence-corrected chi connectivity index (χ3v) is 5.12. The lowest BCUT2D eigenvalue weighted by molar-refractivity contribution is -0.359. The van der Waals surface area contributed by atoms with Crippen molar-refractivity contribution in [2.75, 3.05) is 79.3 Å². The van der Waals surface area contributed by atoms with Crippen LogP contribution < -0.4 is 0 Å². The van der Waals surface area contributed by atoms with Crippen LogP contribution in [0, 0.1) is 5.41 Å². The van der Waals surface area contributed by atoms with E-state index in [0.717, 1.165) is 0 Å². The van der Waals surface area contributed by atoms with E-state index >= 15 is 0 Å². The molecule has 2 saturated heterocycles. The molecule has 0 aromatic carbocycles. The maximum Gasteiger partial charge on any atom is 0.311 e. The van der Waals surface area contributed by atoms with Crippen molar-refractivity contribution in [3.63, 3.8) is 0 Å². The number of aliphatic hydroxyl groups is 2. The molecule has 0 aromatic heterocycles. The lowest BCUT2D eigenvalue weighted by Crippen LogP contribution is -2.58. The van der Waals surface area contributed by atoms with Crippen LogP contribution in [0.15, 0.2) is 0 Å². The van der Waals surface area contributed by atoms with Crippen molar-refractivity contribution in [3.8, 4) is 0 Å². The Morgan fingerprint density at radius 1 is 0.667 bits per heavy atom. The molecule has 1 spiro atoms. The summed E-state index contributed by atoms with van der Waals surface area (Å²) in [6, 6.07) is 0. The first-order chi connectivity index (χ1) is 15.7. The molecule has 2 N–H and O–H groups in total. The highest BCUT2D eigenvalue weighted by Crippen LogP contribution is 2.38. The molecule has 0 atom stereocenters. The number of rotatable bonds is 14.